The summed E-state index contributed by atoms with van der Waals surface area (Å²) in [4.78, 5) is 25.9. The minimum Gasteiger partial charge on any atom is -0.494 e. The van der Waals surface area contributed by atoms with Gasteiger partial charge in [0.15, 0.2) is 11.5 Å². The summed E-state index contributed by atoms with van der Waals surface area (Å²) in [5, 5.41) is 2.05. The topological polar surface area (TPSA) is 64.6 Å². The molecule has 0 saturated heterocycles. The van der Waals surface area contributed by atoms with Crippen LogP contribution in [0.4, 0.5) is 62.8 Å². The maximum Gasteiger partial charge on any atom is 0.435 e. The van der Waals surface area contributed by atoms with Gasteiger partial charge in [-0.3, -0.25) is 9.59 Å². The molecule has 0 unspecified atom stereocenters. The summed E-state index contributed by atoms with van der Waals surface area (Å²) in [5.41, 5.74) is -12.4. The Bertz CT molecular complexity index is 1620. The molecule has 0 bridgehead atoms. The number of Topliss-reactive ketones (excluding diaryl/α,β-unsaturated/α-hetero) is 1. The van der Waals surface area contributed by atoms with E-state index < -0.39 is 104 Å². The molecule has 0 heterocycles. The van der Waals surface area contributed by atoms with Crippen LogP contribution in [-0.2, 0) is 18.3 Å². The van der Waals surface area contributed by atoms with Gasteiger partial charge in [0.2, 0.25) is 0 Å². The fourth-order valence-electron chi connectivity index (χ4n) is 4.07. The second-order valence-corrected chi connectivity index (χ2v) is 9.95. The van der Waals surface area contributed by atoms with Crippen LogP contribution < -0.4 is 14.8 Å². The van der Waals surface area contributed by atoms with Crippen molar-refractivity contribution in [3.8, 4) is 11.5 Å². The lowest BCUT2D eigenvalue weighted by Gasteiger charge is -2.31. The molecule has 0 radical (unpaired) electrons. The molecule has 3 aromatic carbocycles. The van der Waals surface area contributed by atoms with E-state index in [4.69, 9.17) is 4.74 Å². The molecule has 0 fully saturated rings. The maximum absolute atomic E-state index is 14.7. The van der Waals surface area contributed by atoms with Gasteiger partial charge in [-0.2, -0.15) is 48.3 Å². The summed E-state index contributed by atoms with van der Waals surface area (Å²) in [6.45, 7) is -3.87. The molecular formula is C27H15BrF13NO4. The van der Waals surface area contributed by atoms with Gasteiger partial charge in [-0.05, 0) is 42.5 Å². The average Bonchev–Trinajstić information content (AvgIpc) is 2.91. The van der Waals surface area contributed by atoms with E-state index in [0.717, 1.165) is 25.3 Å². The number of rotatable bonds is 9. The van der Waals surface area contributed by atoms with Crippen molar-refractivity contribution >= 4 is 33.3 Å². The van der Waals surface area contributed by atoms with Crippen molar-refractivity contribution in [1.82, 2.24) is 0 Å². The molecular weight excluding hydrogens is 729 g/mol. The highest BCUT2D eigenvalue weighted by atomic mass is 79.9. The van der Waals surface area contributed by atoms with Gasteiger partial charge in [-0.15, -0.1) is 0 Å². The molecule has 0 spiro atoms. The number of anilines is 1. The van der Waals surface area contributed by atoms with Gasteiger partial charge in [-0.25, -0.2) is 8.78 Å². The van der Waals surface area contributed by atoms with Crippen LogP contribution in [-0.4, -0.2) is 37.8 Å². The van der Waals surface area contributed by atoms with Gasteiger partial charge < -0.3 is 14.8 Å². The number of nitrogens with one attached hydrogen (secondary N) is 1. The Morgan fingerprint density at radius 2 is 1.46 bits per heavy atom. The van der Waals surface area contributed by atoms with E-state index >= 15 is 0 Å². The maximum atomic E-state index is 14.7. The molecule has 5 nitrogen and oxygen atoms in total. The molecule has 250 valence electrons. The minimum absolute atomic E-state index is 0.0284. The molecule has 0 atom stereocenters. The molecule has 0 aliphatic carbocycles. The normalized spacial score (nSPS) is 12.7. The molecule has 19 heteroatoms. The summed E-state index contributed by atoms with van der Waals surface area (Å²) in [6.07, 6.45) is -19.3. The van der Waals surface area contributed by atoms with Gasteiger partial charge in [0, 0.05) is 22.0 Å². The van der Waals surface area contributed by atoms with E-state index in [0.29, 0.717) is 12.1 Å². The molecule has 1 amide bonds. The first-order valence-electron chi connectivity index (χ1n) is 12.0. The lowest BCUT2D eigenvalue weighted by molar-refractivity contribution is -0.348. The van der Waals surface area contributed by atoms with Crippen LogP contribution in [0, 0.1) is 5.82 Å². The van der Waals surface area contributed by atoms with Crippen LogP contribution >= 0.6 is 15.9 Å². The number of hydrogen-bond acceptors (Lipinski definition) is 4. The molecule has 0 aliphatic heterocycles. The van der Waals surface area contributed by atoms with Crippen molar-refractivity contribution in [2.75, 3.05) is 12.4 Å². The quantitative estimate of drug-likeness (QED) is 0.175. The Morgan fingerprint density at radius 1 is 0.848 bits per heavy atom. The number of ether oxygens (including phenoxy) is 2. The molecule has 1 N–H and O–H groups in total. The number of para-hydroxylation sites is 1. The van der Waals surface area contributed by atoms with Crippen LogP contribution in [0.3, 0.4) is 0 Å². The van der Waals surface area contributed by atoms with Gasteiger partial charge >= 0.3 is 30.8 Å². The third kappa shape index (κ3) is 7.33. The Hall–Kier alpha value is -4.03. The van der Waals surface area contributed by atoms with Crippen molar-refractivity contribution in [3.05, 3.63) is 86.6 Å². The van der Waals surface area contributed by atoms with Gasteiger partial charge in [0.05, 0.1) is 29.5 Å². The Kier molecular flexibility index (Phi) is 10.3. The van der Waals surface area contributed by atoms with Crippen molar-refractivity contribution in [1.29, 1.82) is 0 Å². The predicted octanol–water partition coefficient (Wildman–Crippen LogP) is 9.18. The number of halogens is 14. The molecule has 3 rings (SSSR count). The summed E-state index contributed by atoms with van der Waals surface area (Å²) >= 11 is 2.57. The highest BCUT2D eigenvalue weighted by molar-refractivity contribution is 9.10. The van der Waals surface area contributed by atoms with E-state index in [9.17, 15) is 66.7 Å². The third-order valence-corrected chi connectivity index (χ3v) is 6.90. The van der Waals surface area contributed by atoms with Crippen LogP contribution in [0.5, 0.6) is 11.5 Å². The summed E-state index contributed by atoms with van der Waals surface area (Å²) < 4.78 is 182. The minimum atomic E-state index is -6.61. The number of carbonyl (C=O) groups is 2. The van der Waals surface area contributed by atoms with E-state index in [-0.39, 0.29) is 18.2 Å². The number of methoxy groups -OCH3 is 1. The molecule has 46 heavy (non-hydrogen) atoms. The third-order valence-electron chi connectivity index (χ3n) is 6.19. The number of benzene rings is 3. The standard InChI is InChI=1S/C27H15BrF13NO4/c1-45-21-13(3-2-4-18(21)42-22(44)15-7-11(25(33,34)35)5-6-17(15)29)19(43)10-14-16(28)8-12(9-20(14)46-23(30)31)24(32,26(36,37)38)27(39,40)41/h2-9,23H,10H2,1H3,(H,42,44). The van der Waals surface area contributed by atoms with Crippen molar-refractivity contribution < 1.29 is 76.1 Å². The highest BCUT2D eigenvalue weighted by Crippen LogP contribution is 2.54. The Labute approximate surface area is 257 Å². The second kappa shape index (κ2) is 13.0. The number of ketones is 1. The number of carbonyl (C=O) groups excluding carboxylic acids is 2. The SMILES string of the molecule is COc1c(NC(=O)c2cc(C(F)(F)F)ccc2F)cccc1C(=O)Cc1c(Br)cc(C(F)(C(F)(F)F)C(F)(F)F)cc1OC(F)F. The van der Waals surface area contributed by atoms with E-state index in [2.05, 4.69) is 20.7 Å². The molecule has 0 aliphatic rings. The van der Waals surface area contributed by atoms with Gasteiger partial charge in [-0.1, -0.05) is 22.0 Å². The van der Waals surface area contributed by atoms with Gasteiger partial charge in [0.25, 0.3) is 5.91 Å². The lowest BCUT2D eigenvalue weighted by Crippen LogP contribution is -2.50. The van der Waals surface area contributed by atoms with Gasteiger partial charge in [0.1, 0.15) is 11.6 Å². The zero-order valence-corrected chi connectivity index (χ0v) is 23.9. The molecule has 0 saturated carbocycles. The first-order valence-corrected chi connectivity index (χ1v) is 12.8. The summed E-state index contributed by atoms with van der Waals surface area (Å²) in [6, 6.07) is 3.79. The lowest BCUT2D eigenvalue weighted by atomic mass is 9.91. The van der Waals surface area contributed by atoms with E-state index in [1.807, 2.05) is 5.32 Å². The first kappa shape index (κ1) is 36.4. The summed E-state index contributed by atoms with van der Waals surface area (Å²) in [5.74, 6) is -5.89. The first-order chi connectivity index (χ1) is 21.0. The second-order valence-electron chi connectivity index (χ2n) is 9.10. The van der Waals surface area contributed by atoms with E-state index in [1.54, 1.807) is 0 Å². The smallest absolute Gasteiger partial charge is 0.435 e. The monoisotopic (exact) mass is 743 g/mol. The fourth-order valence-corrected chi connectivity index (χ4v) is 4.65. The van der Waals surface area contributed by atoms with Crippen LogP contribution in [0.1, 0.15) is 37.4 Å². The molecule has 0 aromatic heterocycles. The highest BCUT2D eigenvalue weighted by Gasteiger charge is 2.73. The number of amides is 1. The summed E-state index contributed by atoms with van der Waals surface area (Å²) in [7, 11) is 0.942. The predicted molar refractivity (Wildman–Crippen MR) is 136 cm³/mol. The van der Waals surface area contributed by atoms with Crippen molar-refractivity contribution in [2.45, 2.75) is 37.2 Å². The van der Waals surface area contributed by atoms with Crippen molar-refractivity contribution in [3.63, 3.8) is 0 Å². The Morgan fingerprint density at radius 3 is 1.98 bits per heavy atom. The zero-order valence-electron chi connectivity index (χ0n) is 22.3. The van der Waals surface area contributed by atoms with E-state index in [1.165, 1.54) is 0 Å². The largest absolute Gasteiger partial charge is 0.494 e. The van der Waals surface area contributed by atoms with Crippen LogP contribution in [0.25, 0.3) is 0 Å². The van der Waals surface area contributed by atoms with Crippen molar-refractivity contribution in [2.24, 2.45) is 0 Å². The van der Waals surface area contributed by atoms with Crippen LogP contribution in [0.15, 0.2) is 53.0 Å². The fraction of sp³-hybridized carbons (Fsp3) is 0.259. The average molecular weight is 744 g/mol. The molecule has 3 aromatic rings. The number of alkyl halides is 12. The van der Waals surface area contributed by atoms with Crippen LogP contribution in [0.2, 0.25) is 0 Å². The number of hydrogen-bond donors (Lipinski definition) is 1. The zero-order chi connectivity index (χ0) is 35.0. The Balaban J connectivity index is 2.05.